The molecular weight excluding hydrogens is 330 g/mol. The lowest BCUT2D eigenvalue weighted by molar-refractivity contribution is -0.384. The van der Waals surface area contributed by atoms with E-state index in [1.165, 1.54) is 44.2 Å². The highest BCUT2D eigenvalue weighted by molar-refractivity contribution is 6.32. The van der Waals surface area contributed by atoms with Crippen LogP contribution in [0.2, 0.25) is 5.02 Å². The van der Waals surface area contributed by atoms with Crippen LogP contribution in [0.4, 0.5) is 16.2 Å². The first kappa shape index (κ1) is 17.0. The summed E-state index contributed by atoms with van der Waals surface area (Å²) in [7, 11) is 0. The minimum Gasteiger partial charge on any atom is -0.321 e. The summed E-state index contributed by atoms with van der Waals surface area (Å²) < 4.78 is 0. The van der Waals surface area contributed by atoms with Gasteiger partial charge < -0.3 is 10.2 Å². The molecule has 0 radical (unpaired) electrons. The van der Waals surface area contributed by atoms with Gasteiger partial charge in [0.25, 0.3) is 5.69 Å². The monoisotopic (exact) mass is 351 g/mol. The van der Waals surface area contributed by atoms with Crippen molar-refractivity contribution in [1.29, 1.82) is 0 Å². The third-order valence-corrected chi connectivity index (χ3v) is 5.47. The molecule has 1 aliphatic heterocycles. The number of nitro groups is 1. The zero-order valence-electron chi connectivity index (χ0n) is 13.5. The van der Waals surface area contributed by atoms with Gasteiger partial charge in [-0.15, -0.1) is 0 Å². The van der Waals surface area contributed by atoms with Crippen molar-refractivity contribution < 1.29 is 9.72 Å². The van der Waals surface area contributed by atoms with Crippen LogP contribution in [0.15, 0.2) is 18.2 Å². The molecule has 1 aliphatic carbocycles. The highest BCUT2D eigenvalue weighted by Crippen LogP contribution is 2.35. The molecular formula is C17H22ClN3O3. The second-order valence-electron chi connectivity index (χ2n) is 6.65. The average Bonchev–Trinajstić information content (AvgIpc) is 3.07. The van der Waals surface area contributed by atoms with Crippen LogP contribution in [0, 0.1) is 16.0 Å². The van der Waals surface area contributed by atoms with Gasteiger partial charge in [0.05, 0.1) is 4.92 Å². The maximum Gasteiger partial charge on any atom is 0.322 e. The standard InChI is InChI=1S/C17H22ClN3O3/c18-14-9-8-13(11-16(14)21(23)24)19-17(22)20-10-4-7-15(20)12-5-2-1-3-6-12/h8-9,11-12,15H,1-7,10H2,(H,19,22). The number of nitrogens with zero attached hydrogens (tertiary/aromatic N) is 2. The number of rotatable bonds is 3. The Labute approximate surface area is 146 Å². The van der Waals surface area contributed by atoms with Gasteiger partial charge in [-0.1, -0.05) is 30.9 Å². The third-order valence-electron chi connectivity index (χ3n) is 5.15. The molecule has 3 rings (SSSR count). The first-order valence-corrected chi connectivity index (χ1v) is 8.95. The van der Waals surface area contributed by atoms with E-state index in [-0.39, 0.29) is 16.7 Å². The minimum atomic E-state index is -0.543. The van der Waals surface area contributed by atoms with Gasteiger partial charge in [0, 0.05) is 24.3 Å². The maximum atomic E-state index is 12.6. The Bertz CT molecular complexity index is 632. The third kappa shape index (κ3) is 3.64. The fourth-order valence-corrected chi connectivity index (χ4v) is 4.17. The number of benzene rings is 1. The summed E-state index contributed by atoms with van der Waals surface area (Å²) in [6.45, 7) is 0.753. The molecule has 24 heavy (non-hydrogen) atoms. The number of hydrogen-bond donors (Lipinski definition) is 1. The Morgan fingerprint density at radius 3 is 2.67 bits per heavy atom. The lowest BCUT2D eigenvalue weighted by atomic mass is 9.83. The summed E-state index contributed by atoms with van der Waals surface area (Å²) in [6.07, 6.45) is 8.26. The number of carbonyl (C=O) groups is 1. The van der Waals surface area contributed by atoms with Crippen LogP contribution in [0.1, 0.15) is 44.9 Å². The Kier molecular flexibility index (Phi) is 5.23. The molecule has 2 amide bonds. The fourth-order valence-electron chi connectivity index (χ4n) is 3.98. The molecule has 1 atom stereocenters. The summed E-state index contributed by atoms with van der Waals surface area (Å²) in [6, 6.07) is 4.48. The number of amides is 2. The second-order valence-corrected chi connectivity index (χ2v) is 7.06. The molecule has 6 nitrogen and oxygen atoms in total. The van der Waals surface area contributed by atoms with E-state index >= 15 is 0 Å². The molecule has 1 N–H and O–H groups in total. The van der Waals surface area contributed by atoms with Gasteiger partial charge in [-0.05, 0) is 43.7 Å². The highest BCUT2D eigenvalue weighted by Gasteiger charge is 2.35. The lowest BCUT2D eigenvalue weighted by Gasteiger charge is -2.34. The summed E-state index contributed by atoms with van der Waals surface area (Å²) in [5, 5.41) is 13.8. The number of nitro benzene ring substituents is 1. The number of nitrogens with one attached hydrogen (secondary N) is 1. The van der Waals surface area contributed by atoms with Crippen LogP contribution in [0.25, 0.3) is 0 Å². The number of urea groups is 1. The molecule has 1 aromatic rings. The first-order valence-electron chi connectivity index (χ1n) is 8.58. The van der Waals surface area contributed by atoms with Crippen molar-refractivity contribution in [2.24, 2.45) is 5.92 Å². The van der Waals surface area contributed by atoms with Crippen molar-refractivity contribution >= 4 is 29.0 Å². The van der Waals surface area contributed by atoms with Crippen LogP contribution >= 0.6 is 11.6 Å². The molecule has 7 heteroatoms. The van der Waals surface area contributed by atoms with E-state index in [0.717, 1.165) is 19.4 Å². The van der Waals surface area contributed by atoms with E-state index in [9.17, 15) is 14.9 Å². The Morgan fingerprint density at radius 1 is 1.21 bits per heavy atom. The summed E-state index contributed by atoms with van der Waals surface area (Å²) in [5.74, 6) is 0.589. The van der Waals surface area contributed by atoms with E-state index < -0.39 is 4.92 Å². The van der Waals surface area contributed by atoms with Crippen LogP contribution < -0.4 is 5.32 Å². The van der Waals surface area contributed by atoms with Gasteiger partial charge in [0.1, 0.15) is 5.02 Å². The number of carbonyl (C=O) groups excluding carboxylic acids is 1. The molecule has 2 aliphatic rings. The van der Waals surface area contributed by atoms with Crippen molar-refractivity contribution in [2.75, 3.05) is 11.9 Å². The quantitative estimate of drug-likeness (QED) is 0.626. The molecule has 130 valence electrons. The molecule has 1 heterocycles. The molecule has 1 unspecified atom stereocenters. The van der Waals surface area contributed by atoms with E-state index in [2.05, 4.69) is 5.32 Å². The lowest BCUT2D eigenvalue weighted by Crippen LogP contribution is -2.43. The summed E-state index contributed by atoms with van der Waals surface area (Å²) >= 11 is 5.81. The van der Waals surface area contributed by atoms with Crippen molar-refractivity contribution in [3.8, 4) is 0 Å². The van der Waals surface area contributed by atoms with E-state index in [1.54, 1.807) is 6.07 Å². The van der Waals surface area contributed by atoms with E-state index in [0.29, 0.717) is 17.6 Å². The van der Waals surface area contributed by atoms with Gasteiger partial charge >= 0.3 is 6.03 Å². The fraction of sp³-hybridized carbons (Fsp3) is 0.588. The molecule has 0 aromatic heterocycles. The highest BCUT2D eigenvalue weighted by atomic mass is 35.5. The zero-order valence-corrected chi connectivity index (χ0v) is 14.3. The first-order chi connectivity index (χ1) is 11.6. The SMILES string of the molecule is O=C(Nc1ccc(Cl)c([N+](=O)[O-])c1)N1CCCC1C1CCCCC1. The number of hydrogen-bond acceptors (Lipinski definition) is 3. The van der Waals surface area contributed by atoms with Crippen molar-refractivity contribution in [3.05, 3.63) is 33.3 Å². The van der Waals surface area contributed by atoms with Gasteiger partial charge in [0.15, 0.2) is 0 Å². The molecule has 2 fully saturated rings. The zero-order chi connectivity index (χ0) is 17.1. The summed E-state index contributed by atoms with van der Waals surface area (Å²) in [5.41, 5.74) is 0.213. The molecule has 1 saturated heterocycles. The molecule has 0 spiro atoms. The minimum absolute atomic E-state index is 0.0688. The average molecular weight is 352 g/mol. The van der Waals surface area contributed by atoms with Crippen LogP contribution in [0.5, 0.6) is 0 Å². The normalized spacial score (nSPS) is 21.7. The van der Waals surface area contributed by atoms with Crippen molar-refractivity contribution in [1.82, 2.24) is 4.90 Å². The predicted octanol–water partition coefficient (Wildman–Crippen LogP) is 4.82. The van der Waals surface area contributed by atoms with Crippen molar-refractivity contribution in [2.45, 2.75) is 51.0 Å². The maximum absolute atomic E-state index is 12.6. The number of likely N-dealkylation sites (tertiary alicyclic amines) is 1. The van der Waals surface area contributed by atoms with E-state index in [4.69, 9.17) is 11.6 Å². The van der Waals surface area contributed by atoms with E-state index in [1.807, 2.05) is 4.90 Å². The summed E-state index contributed by atoms with van der Waals surface area (Å²) in [4.78, 5) is 25.0. The molecule has 0 bridgehead atoms. The van der Waals surface area contributed by atoms with Crippen LogP contribution in [-0.4, -0.2) is 28.4 Å². The van der Waals surface area contributed by atoms with Gasteiger partial charge in [0.2, 0.25) is 0 Å². The molecule has 1 saturated carbocycles. The van der Waals surface area contributed by atoms with Crippen LogP contribution in [0.3, 0.4) is 0 Å². The Morgan fingerprint density at radius 2 is 1.96 bits per heavy atom. The largest absolute Gasteiger partial charge is 0.322 e. The molecule has 1 aromatic carbocycles. The van der Waals surface area contributed by atoms with Gasteiger partial charge in [-0.2, -0.15) is 0 Å². The smallest absolute Gasteiger partial charge is 0.321 e. The Hall–Kier alpha value is -1.82. The second kappa shape index (κ2) is 7.38. The van der Waals surface area contributed by atoms with Crippen LogP contribution in [-0.2, 0) is 0 Å². The number of anilines is 1. The number of halogens is 1. The predicted molar refractivity (Wildman–Crippen MR) is 93.4 cm³/mol. The van der Waals surface area contributed by atoms with Crippen molar-refractivity contribution in [3.63, 3.8) is 0 Å². The van der Waals surface area contributed by atoms with Gasteiger partial charge in [-0.3, -0.25) is 10.1 Å². The Balaban J connectivity index is 1.69. The van der Waals surface area contributed by atoms with Gasteiger partial charge in [-0.25, -0.2) is 4.79 Å². The topological polar surface area (TPSA) is 75.5 Å².